The third kappa shape index (κ3) is 3.83. The molecular formula is C14H24N2O2. The van der Waals surface area contributed by atoms with E-state index >= 15 is 0 Å². The molecule has 102 valence electrons. The van der Waals surface area contributed by atoms with E-state index in [4.69, 9.17) is 9.15 Å². The van der Waals surface area contributed by atoms with Gasteiger partial charge in [0.1, 0.15) is 11.5 Å². The smallest absolute Gasteiger partial charge is 0.118 e. The molecular weight excluding hydrogens is 228 g/mol. The summed E-state index contributed by atoms with van der Waals surface area (Å²) in [6.45, 7) is 6.55. The number of furan rings is 1. The third-order valence-electron chi connectivity index (χ3n) is 3.49. The van der Waals surface area contributed by atoms with E-state index in [9.17, 15) is 0 Å². The Morgan fingerprint density at radius 2 is 2.00 bits per heavy atom. The first-order valence-corrected chi connectivity index (χ1v) is 6.86. The fourth-order valence-corrected chi connectivity index (χ4v) is 2.35. The lowest BCUT2D eigenvalue weighted by molar-refractivity contribution is 0.0386. The quantitative estimate of drug-likeness (QED) is 0.840. The molecule has 0 aromatic carbocycles. The monoisotopic (exact) mass is 252 g/mol. The van der Waals surface area contributed by atoms with Crippen LogP contribution in [0, 0.1) is 0 Å². The highest BCUT2D eigenvalue weighted by atomic mass is 16.5. The maximum atomic E-state index is 5.81. The molecule has 1 fully saturated rings. The van der Waals surface area contributed by atoms with Crippen LogP contribution in [0.25, 0.3) is 0 Å². The SMILES string of the molecule is CCNCc1ccc(CN(C)C2CCOCC2)o1. The predicted molar refractivity (Wildman–Crippen MR) is 71.4 cm³/mol. The molecule has 0 spiro atoms. The maximum Gasteiger partial charge on any atom is 0.118 e. The number of hydrogen-bond donors (Lipinski definition) is 1. The molecule has 1 N–H and O–H groups in total. The molecule has 0 aliphatic carbocycles. The molecule has 1 aromatic rings. The summed E-state index contributed by atoms with van der Waals surface area (Å²) in [6, 6.07) is 4.78. The van der Waals surface area contributed by atoms with Gasteiger partial charge >= 0.3 is 0 Å². The second-order valence-corrected chi connectivity index (χ2v) is 4.91. The second-order valence-electron chi connectivity index (χ2n) is 4.91. The number of nitrogens with one attached hydrogen (secondary N) is 1. The van der Waals surface area contributed by atoms with Crippen molar-refractivity contribution in [2.75, 3.05) is 26.8 Å². The molecule has 4 heteroatoms. The molecule has 0 amide bonds. The summed E-state index contributed by atoms with van der Waals surface area (Å²) >= 11 is 0. The van der Waals surface area contributed by atoms with E-state index in [0.29, 0.717) is 6.04 Å². The molecule has 0 saturated carbocycles. The minimum Gasteiger partial charge on any atom is -0.463 e. The molecule has 0 bridgehead atoms. The molecule has 0 radical (unpaired) electrons. The lowest BCUT2D eigenvalue weighted by Crippen LogP contribution is -2.36. The van der Waals surface area contributed by atoms with Gasteiger partial charge in [-0.15, -0.1) is 0 Å². The van der Waals surface area contributed by atoms with Crippen LogP contribution < -0.4 is 5.32 Å². The van der Waals surface area contributed by atoms with E-state index < -0.39 is 0 Å². The minimum atomic E-state index is 0.626. The highest BCUT2D eigenvalue weighted by molar-refractivity contribution is 5.07. The summed E-state index contributed by atoms with van der Waals surface area (Å²) in [5, 5.41) is 3.27. The summed E-state index contributed by atoms with van der Waals surface area (Å²) in [6.07, 6.45) is 2.25. The van der Waals surface area contributed by atoms with Gasteiger partial charge in [0, 0.05) is 19.3 Å². The summed E-state index contributed by atoms with van der Waals surface area (Å²) in [5.41, 5.74) is 0. The zero-order valence-electron chi connectivity index (χ0n) is 11.4. The van der Waals surface area contributed by atoms with Crippen molar-refractivity contribution in [1.82, 2.24) is 10.2 Å². The van der Waals surface area contributed by atoms with Gasteiger partial charge in [0.05, 0.1) is 13.1 Å². The third-order valence-corrected chi connectivity index (χ3v) is 3.49. The van der Waals surface area contributed by atoms with Crippen molar-refractivity contribution in [3.8, 4) is 0 Å². The van der Waals surface area contributed by atoms with Gasteiger partial charge in [-0.2, -0.15) is 0 Å². The van der Waals surface area contributed by atoms with Crippen LogP contribution in [-0.4, -0.2) is 37.7 Å². The van der Waals surface area contributed by atoms with Crippen molar-refractivity contribution in [3.63, 3.8) is 0 Å². The van der Waals surface area contributed by atoms with Gasteiger partial charge in [-0.1, -0.05) is 6.92 Å². The van der Waals surface area contributed by atoms with E-state index in [0.717, 1.165) is 57.2 Å². The van der Waals surface area contributed by atoms with Crippen LogP contribution >= 0.6 is 0 Å². The summed E-state index contributed by atoms with van der Waals surface area (Å²) in [7, 11) is 2.17. The molecule has 0 unspecified atom stereocenters. The van der Waals surface area contributed by atoms with Crippen LogP contribution in [0.1, 0.15) is 31.3 Å². The standard InChI is InChI=1S/C14H24N2O2/c1-3-15-10-13-4-5-14(18-13)11-16(2)12-6-8-17-9-7-12/h4-5,12,15H,3,6-11H2,1-2H3. The average molecular weight is 252 g/mol. The van der Waals surface area contributed by atoms with Crippen molar-refractivity contribution in [2.45, 2.75) is 38.9 Å². The van der Waals surface area contributed by atoms with Crippen LogP contribution in [0.15, 0.2) is 16.5 Å². The van der Waals surface area contributed by atoms with Gasteiger partial charge in [-0.25, -0.2) is 0 Å². The Labute approximate surface area is 109 Å². The van der Waals surface area contributed by atoms with Gasteiger partial charge in [0.2, 0.25) is 0 Å². The topological polar surface area (TPSA) is 37.6 Å². The van der Waals surface area contributed by atoms with Crippen molar-refractivity contribution in [2.24, 2.45) is 0 Å². The van der Waals surface area contributed by atoms with Gasteiger partial charge in [0.15, 0.2) is 0 Å². The minimum absolute atomic E-state index is 0.626. The lowest BCUT2D eigenvalue weighted by Gasteiger charge is -2.30. The zero-order chi connectivity index (χ0) is 12.8. The summed E-state index contributed by atoms with van der Waals surface area (Å²) in [5.74, 6) is 2.07. The first-order valence-electron chi connectivity index (χ1n) is 6.86. The van der Waals surface area contributed by atoms with Crippen molar-refractivity contribution < 1.29 is 9.15 Å². The van der Waals surface area contributed by atoms with Crippen molar-refractivity contribution in [1.29, 1.82) is 0 Å². The molecule has 18 heavy (non-hydrogen) atoms. The van der Waals surface area contributed by atoms with Crippen LogP contribution in [0.3, 0.4) is 0 Å². The molecule has 2 rings (SSSR count). The highest BCUT2D eigenvalue weighted by Crippen LogP contribution is 2.17. The normalized spacial score (nSPS) is 17.5. The molecule has 1 aliphatic rings. The van der Waals surface area contributed by atoms with Gasteiger partial charge in [-0.3, -0.25) is 4.90 Å². The molecule has 1 saturated heterocycles. The van der Waals surface area contributed by atoms with Gasteiger partial charge in [-0.05, 0) is 38.6 Å². The van der Waals surface area contributed by atoms with Crippen LogP contribution in [0.4, 0.5) is 0 Å². The van der Waals surface area contributed by atoms with Crippen LogP contribution in [0.5, 0.6) is 0 Å². The Morgan fingerprint density at radius 3 is 2.72 bits per heavy atom. The average Bonchev–Trinajstić information content (AvgIpc) is 2.85. The molecule has 1 aliphatic heterocycles. The Hall–Kier alpha value is -0.840. The van der Waals surface area contributed by atoms with Crippen LogP contribution in [0.2, 0.25) is 0 Å². The lowest BCUT2D eigenvalue weighted by atomic mass is 10.1. The Morgan fingerprint density at radius 1 is 1.28 bits per heavy atom. The van der Waals surface area contributed by atoms with E-state index in [1.165, 1.54) is 0 Å². The summed E-state index contributed by atoms with van der Waals surface area (Å²) in [4.78, 5) is 2.37. The van der Waals surface area contributed by atoms with E-state index in [-0.39, 0.29) is 0 Å². The number of ether oxygens (including phenoxy) is 1. The first kappa shape index (κ1) is 13.6. The Kier molecular flexibility index (Phi) is 5.23. The molecule has 4 nitrogen and oxygen atoms in total. The van der Waals surface area contributed by atoms with Crippen molar-refractivity contribution in [3.05, 3.63) is 23.7 Å². The fourth-order valence-electron chi connectivity index (χ4n) is 2.35. The number of nitrogens with zero attached hydrogens (tertiary/aromatic N) is 1. The summed E-state index contributed by atoms with van der Waals surface area (Å²) < 4.78 is 11.2. The van der Waals surface area contributed by atoms with Crippen LogP contribution in [-0.2, 0) is 17.8 Å². The van der Waals surface area contributed by atoms with E-state index in [1.54, 1.807) is 0 Å². The Balaban J connectivity index is 1.82. The molecule has 0 atom stereocenters. The number of rotatable bonds is 6. The van der Waals surface area contributed by atoms with Crippen molar-refractivity contribution >= 4 is 0 Å². The van der Waals surface area contributed by atoms with Gasteiger partial charge < -0.3 is 14.5 Å². The molecule has 1 aromatic heterocycles. The molecule has 2 heterocycles. The van der Waals surface area contributed by atoms with E-state index in [1.807, 2.05) is 0 Å². The largest absolute Gasteiger partial charge is 0.463 e. The second kappa shape index (κ2) is 6.92. The van der Waals surface area contributed by atoms with Gasteiger partial charge in [0.25, 0.3) is 0 Å². The number of hydrogen-bond acceptors (Lipinski definition) is 4. The zero-order valence-corrected chi connectivity index (χ0v) is 11.4. The van der Waals surface area contributed by atoms with E-state index in [2.05, 4.69) is 36.3 Å². The maximum absolute atomic E-state index is 5.81. The predicted octanol–water partition coefficient (Wildman–Crippen LogP) is 2.00. The highest BCUT2D eigenvalue weighted by Gasteiger charge is 2.19. The first-order chi connectivity index (χ1) is 8.79. The Bertz CT molecular complexity index is 345. The fraction of sp³-hybridized carbons (Fsp3) is 0.714.